The summed E-state index contributed by atoms with van der Waals surface area (Å²) in [5, 5.41) is 0.604. The lowest BCUT2D eigenvalue weighted by atomic mass is 9.78. The summed E-state index contributed by atoms with van der Waals surface area (Å²) in [5.41, 5.74) is 0.824. The predicted octanol–water partition coefficient (Wildman–Crippen LogP) is 8.11. The van der Waals surface area contributed by atoms with E-state index in [0.29, 0.717) is 28.9 Å². The second kappa shape index (κ2) is 10.3. The van der Waals surface area contributed by atoms with E-state index >= 15 is 0 Å². The van der Waals surface area contributed by atoms with Gasteiger partial charge in [-0.25, -0.2) is 17.6 Å². The number of aryl methyl sites for hydroxylation is 1. The molecule has 33 heavy (non-hydrogen) atoms. The number of rotatable bonds is 5. The van der Waals surface area contributed by atoms with Gasteiger partial charge < -0.3 is 0 Å². The smallest absolute Gasteiger partial charge is 0.166 e. The van der Waals surface area contributed by atoms with Gasteiger partial charge in [0.2, 0.25) is 0 Å². The largest absolute Gasteiger partial charge is 0.206 e. The van der Waals surface area contributed by atoms with Crippen LogP contribution in [0.2, 0.25) is 0 Å². The SMILES string of the molecule is C=CCC1CCC(CCc2cc(F)c(C#Cc3ccc4c(F)c(F)ccc4c3)c(F)c2)CC1. The highest BCUT2D eigenvalue weighted by Crippen LogP contribution is 2.33. The van der Waals surface area contributed by atoms with Crippen LogP contribution in [0.3, 0.4) is 0 Å². The van der Waals surface area contributed by atoms with Gasteiger partial charge >= 0.3 is 0 Å². The minimum atomic E-state index is -0.926. The second-order valence-corrected chi connectivity index (χ2v) is 8.93. The van der Waals surface area contributed by atoms with Crippen LogP contribution in [0.25, 0.3) is 10.8 Å². The maximum atomic E-state index is 14.6. The number of fused-ring (bicyclic) bond motifs is 1. The summed E-state index contributed by atoms with van der Waals surface area (Å²) < 4.78 is 56.4. The van der Waals surface area contributed by atoms with Gasteiger partial charge in [-0.1, -0.05) is 42.9 Å². The number of allylic oxidation sites excluding steroid dienone is 1. The molecule has 0 unspecified atom stereocenters. The maximum Gasteiger partial charge on any atom is 0.166 e. The van der Waals surface area contributed by atoms with Gasteiger partial charge in [-0.3, -0.25) is 0 Å². The first-order chi connectivity index (χ1) is 15.9. The molecule has 0 radical (unpaired) electrons. The molecule has 4 rings (SSSR count). The molecule has 0 spiro atoms. The fourth-order valence-corrected chi connectivity index (χ4v) is 4.73. The molecule has 170 valence electrons. The molecule has 0 heterocycles. The number of hydrogen-bond donors (Lipinski definition) is 0. The fraction of sp³-hybridized carbons (Fsp3) is 0.310. The summed E-state index contributed by atoms with van der Waals surface area (Å²) >= 11 is 0. The van der Waals surface area contributed by atoms with Crippen LogP contribution < -0.4 is 0 Å². The standard InChI is InChI=1S/C29H26F4/c1-2-3-19-4-6-20(7-5-19)8-9-22-17-27(31)25(28(32)18-22)14-11-21-10-13-24-23(16-21)12-15-26(30)29(24)33/h2,10,12-13,15-20H,1,3-9H2. The van der Waals surface area contributed by atoms with Crippen LogP contribution in [0, 0.1) is 46.9 Å². The highest BCUT2D eigenvalue weighted by atomic mass is 19.2. The van der Waals surface area contributed by atoms with Crippen LogP contribution in [0.4, 0.5) is 17.6 Å². The third-order valence-corrected chi connectivity index (χ3v) is 6.65. The summed E-state index contributed by atoms with van der Waals surface area (Å²) in [7, 11) is 0. The van der Waals surface area contributed by atoms with Crippen molar-refractivity contribution in [3.05, 3.63) is 95.1 Å². The van der Waals surface area contributed by atoms with Gasteiger partial charge in [0.05, 0.1) is 5.56 Å². The monoisotopic (exact) mass is 450 g/mol. The molecule has 1 saturated carbocycles. The van der Waals surface area contributed by atoms with Gasteiger partial charge in [0.15, 0.2) is 11.6 Å². The van der Waals surface area contributed by atoms with Crippen LogP contribution in [0.5, 0.6) is 0 Å². The first-order valence-corrected chi connectivity index (χ1v) is 11.4. The average molecular weight is 451 g/mol. The zero-order chi connectivity index (χ0) is 23.4. The van der Waals surface area contributed by atoms with Gasteiger partial charge in [0.1, 0.15) is 11.6 Å². The Kier molecular flexibility index (Phi) is 7.18. The highest BCUT2D eigenvalue weighted by Gasteiger charge is 2.20. The van der Waals surface area contributed by atoms with Gasteiger partial charge in [-0.2, -0.15) is 0 Å². The van der Waals surface area contributed by atoms with Crippen LogP contribution in [0.15, 0.2) is 55.1 Å². The molecule has 0 saturated heterocycles. The Bertz CT molecular complexity index is 1200. The molecule has 0 nitrogen and oxygen atoms in total. The summed E-state index contributed by atoms with van der Waals surface area (Å²) in [6, 6.07) is 9.72. The zero-order valence-corrected chi connectivity index (χ0v) is 18.4. The highest BCUT2D eigenvalue weighted by molar-refractivity contribution is 5.84. The lowest BCUT2D eigenvalue weighted by molar-refractivity contribution is 0.265. The van der Waals surface area contributed by atoms with Crippen molar-refractivity contribution < 1.29 is 17.6 Å². The normalized spacial score (nSPS) is 18.1. The Hall–Kier alpha value is -3.06. The average Bonchev–Trinajstić information content (AvgIpc) is 2.81. The summed E-state index contributed by atoms with van der Waals surface area (Å²) in [5.74, 6) is 3.42. The van der Waals surface area contributed by atoms with Crippen molar-refractivity contribution in [1.82, 2.24) is 0 Å². The van der Waals surface area contributed by atoms with Gasteiger partial charge in [0.25, 0.3) is 0 Å². The Morgan fingerprint density at radius 3 is 2.21 bits per heavy atom. The molecule has 0 amide bonds. The molecule has 3 aromatic rings. The van der Waals surface area contributed by atoms with Crippen molar-refractivity contribution in [2.75, 3.05) is 0 Å². The lowest BCUT2D eigenvalue weighted by Crippen LogP contribution is -2.14. The van der Waals surface area contributed by atoms with Crippen molar-refractivity contribution in [2.24, 2.45) is 11.8 Å². The molecule has 0 N–H and O–H groups in total. The van der Waals surface area contributed by atoms with E-state index < -0.39 is 23.3 Å². The Labute approximate surface area is 192 Å². The number of benzene rings is 3. The van der Waals surface area contributed by atoms with Crippen molar-refractivity contribution >= 4 is 10.8 Å². The number of hydrogen-bond acceptors (Lipinski definition) is 0. The van der Waals surface area contributed by atoms with E-state index in [1.54, 1.807) is 6.07 Å². The first-order valence-electron chi connectivity index (χ1n) is 11.4. The Morgan fingerprint density at radius 2 is 1.52 bits per heavy atom. The van der Waals surface area contributed by atoms with E-state index in [0.717, 1.165) is 37.7 Å². The topological polar surface area (TPSA) is 0 Å². The first kappa shape index (κ1) is 23.1. The van der Waals surface area contributed by atoms with E-state index in [2.05, 4.69) is 18.4 Å². The number of halogens is 4. The van der Waals surface area contributed by atoms with Gasteiger partial charge in [0, 0.05) is 10.9 Å². The predicted molar refractivity (Wildman–Crippen MR) is 125 cm³/mol. The van der Waals surface area contributed by atoms with Crippen LogP contribution in [0.1, 0.15) is 55.2 Å². The third kappa shape index (κ3) is 5.47. The van der Waals surface area contributed by atoms with Crippen LogP contribution in [-0.4, -0.2) is 0 Å². The molecule has 0 atom stereocenters. The van der Waals surface area contributed by atoms with Crippen molar-refractivity contribution in [3.8, 4) is 11.8 Å². The molecule has 0 aromatic heterocycles. The molecular formula is C29H26F4. The Balaban J connectivity index is 1.44. The Morgan fingerprint density at radius 1 is 0.818 bits per heavy atom. The second-order valence-electron chi connectivity index (χ2n) is 8.93. The van der Waals surface area contributed by atoms with E-state index in [1.807, 2.05) is 6.08 Å². The molecule has 1 fully saturated rings. The quantitative estimate of drug-likeness (QED) is 0.209. The van der Waals surface area contributed by atoms with E-state index in [4.69, 9.17) is 0 Å². The van der Waals surface area contributed by atoms with Crippen molar-refractivity contribution in [1.29, 1.82) is 0 Å². The van der Waals surface area contributed by atoms with E-state index in [-0.39, 0.29) is 10.9 Å². The summed E-state index contributed by atoms with van der Waals surface area (Å²) in [6.45, 7) is 3.81. The summed E-state index contributed by atoms with van der Waals surface area (Å²) in [4.78, 5) is 0. The van der Waals surface area contributed by atoms with E-state index in [9.17, 15) is 17.6 Å². The minimum absolute atomic E-state index is 0.136. The molecule has 0 aliphatic heterocycles. The third-order valence-electron chi connectivity index (χ3n) is 6.65. The molecule has 4 heteroatoms. The minimum Gasteiger partial charge on any atom is -0.206 e. The fourth-order valence-electron chi connectivity index (χ4n) is 4.73. The molecular weight excluding hydrogens is 424 g/mol. The molecule has 0 bridgehead atoms. The van der Waals surface area contributed by atoms with Crippen LogP contribution in [-0.2, 0) is 6.42 Å². The summed E-state index contributed by atoms with van der Waals surface area (Å²) in [6.07, 6.45) is 9.35. The maximum absolute atomic E-state index is 14.6. The van der Waals surface area contributed by atoms with Gasteiger partial charge in [-0.15, -0.1) is 6.58 Å². The van der Waals surface area contributed by atoms with Crippen LogP contribution >= 0.6 is 0 Å². The van der Waals surface area contributed by atoms with E-state index in [1.165, 1.54) is 43.2 Å². The lowest BCUT2D eigenvalue weighted by Gasteiger charge is -2.27. The van der Waals surface area contributed by atoms with Gasteiger partial charge in [-0.05, 0) is 85.2 Å². The molecule has 3 aromatic carbocycles. The van der Waals surface area contributed by atoms with Crippen molar-refractivity contribution in [2.45, 2.75) is 44.9 Å². The zero-order valence-electron chi connectivity index (χ0n) is 18.4. The van der Waals surface area contributed by atoms with Crippen molar-refractivity contribution in [3.63, 3.8) is 0 Å². The molecule has 1 aliphatic carbocycles. The molecule has 1 aliphatic rings.